The van der Waals surface area contributed by atoms with E-state index < -0.39 is 0 Å². The molecule has 0 heteroatoms. The van der Waals surface area contributed by atoms with Crippen LogP contribution in [0.1, 0.15) is 381 Å². The van der Waals surface area contributed by atoms with Gasteiger partial charge in [-0.2, -0.15) is 0 Å². The Labute approximate surface area is 833 Å². The molecule has 712 valence electrons. The monoisotopic (exact) mass is 1820 g/mol. The summed E-state index contributed by atoms with van der Waals surface area (Å²) < 4.78 is 0. The second-order valence-electron chi connectivity index (χ2n) is 43.7. The number of unbranched alkanes of at least 4 members (excludes halogenated alkanes) is 20. The van der Waals surface area contributed by atoms with Gasteiger partial charge >= 0.3 is 0 Å². The van der Waals surface area contributed by atoms with E-state index in [1.807, 2.05) is 0 Å². The van der Waals surface area contributed by atoms with Gasteiger partial charge in [0.05, 0.1) is 0 Å². The van der Waals surface area contributed by atoms with Gasteiger partial charge in [0.25, 0.3) is 0 Å². The lowest BCUT2D eigenvalue weighted by Gasteiger charge is -2.33. The predicted octanol–water partition coefficient (Wildman–Crippen LogP) is 42.0. The summed E-state index contributed by atoms with van der Waals surface area (Å²) in [6.07, 6.45) is 38.2. The second kappa shape index (κ2) is 45.8. The molecule has 0 radical (unpaired) electrons. The first-order valence-electron chi connectivity index (χ1n) is 54.5. The number of benzene rings is 15. The molecule has 19 rings (SSSR count). The van der Waals surface area contributed by atoms with Crippen molar-refractivity contribution in [1.82, 2.24) is 0 Å². The molecule has 0 unspecified atom stereocenters. The Morgan fingerprint density at radius 1 is 0.174 bits per heavy atom. The van der Waals surface area contributed by atoms with Crippen LogP contribution in [0.4, 0.5) is 0 Å². The quantitative estimate of drug-likeness (QED) is 0.0341. The van der Waals surface area contributed by atoms with Crippen molar-refractivity contribution in [3.05, 3.63) is 382 Å². The van der Waals surface area contributed by atoms with Crippen LogP contribution >= 0.6 is 0 Å². The summed E-state index contributed by atoms with van der Waals surface area (Å²) >= 11 is 0. The van der Waals surface area contributed by atoms with Crippen LogP contribution in [0.15, 0.2) is 315 Å². The van der Waals surface area contributed by atoms with Gasteiger partial charge in [-0.3, -0.25) is 0 Å². The van der Waals surface area contributed by atoms with Crippen molar-refractivity contribution >= 4 is 21.5 Å². The van der Waals surface area contributed by atoms with Crippen LogP contribution in [0.2, 0.25) is 0 Å². The lowest BCUT2D eigenvalue weighted by atomic mass is 9.70. The minimum absolute atomic E-state index is 0.00976. The molecule has 0 spiro atoms. The third kappa shape index (κ3) is 21.4. The lowest BCUT2D eigenvalue weighted by Crippen LogP contribution is -2.26. The fraction of sp³-hybridized carbons (Fsp3) is 0.377. The highest BCUT2D eigenvalue weighted by atomic mass is 14.5. The first kappa shape index (κ1) is 99.8. The average molecular weight is 1820 g/mol. The van der Waals surface area contributed by atoms with Gasteiger partial charge in [0, 0.05) is 21.7 Å². The van der Waals surface area contributed by atoms with E-state index in [4.69, 9.17) is 0 Å². The first-order valence-corrected chi connectivity index (χ1v) is 54.5. The van der Waals surface area contributed by atoms with Gasteiger partial charge in [-0.1, -0.05) is 562 Å². The number of rotatable bonds is 37. The number of fused-ring (bicyclic) bond motifs is 14. The van der Waals surface area contributed by atoms with E-state index in [0.29, 0.717) is 23.7 Å². The SMILES string of the molecule is CC(C)c1ccc(-c2ccc(-c3ccc4c(c3)C(C)(C)c3ccccc3-4)c3ccccc23)cc1.CC(C)c1ccc(-c2ccc(-c3ccc4c(c3)C(C)(C)c3ccccc3-4)cc2)c2ccccc12.CCCCCCCCC1(CCCCCCCC)c2cc(-c3ccccc3)ccc2-c2ccc(C(C)C)cc21.CCCCCCCCC1(CCCCCCCC)c2ccccc2-c2ccc(C(C)C)cc21. The van der Waals surface area contributed by atoms with Crippen molar-refractivity contribution in [3.8, 4) is 100 Å². The van der Waals surface area contributed by atoms with Crippen molar-refractivity contribution in [2.24, 2.45) is 0 Å². The molecule has 0 fully saturated rings. The second-order valence-corrected chi connectivity index (χ2v) is 43.7. The molecule has 0 atom stereocenters. The summed E-state index contributed by atoms with van der Waals surface area (Å²) in [5.74, 6) is 2.20. The highest BCUT2D eigenvalue weighted by Gasteiger charge is 2.45. The molecule has 15 aromatic carbocycles. The van der Waals surface area contributed by atoms with Gasteiger partial charge in [-0.15, -0.1) is 0 Å². The molecular formula is C138H160. The Morgan fingerprint density at radius 3 is 0.855 bits per heavy atom. The van der Waals surface area contributed by atoms with Gasteiger partial charge < -0.3 is 0 Å². The van der Waals surface area contributed by atoms with Crippen LogP contribution < -0.4 is 0 Å². The van der Waals surface area contributed by atoms with E-state index in [-0.39, 0.29) is 21.7 Å². The predicted molar refractivity (Wildman–Crippen MR) is 604 cm³/mol. The van der Waals surface area contributed by atoms with Gasteiger partial charge in [0.15, 0.2) is 0 Å². The molecule has 0 nitrogen and oxygen atoms in total. The molecule has 4 aliphatic rings. The Kier molecular flexibility index (Phi) is 33.1. The molecule has 0 saturated carbocycles. The molecule has 0 amide bonds. The Hall–Kier alpha value is -11.2. The van der Waals surface area contributed by atoms with Crippen molar-refractivity contribution in [2.45, 2.75) is 336 Å². The van der Waals surface area contributed by atoms with Gasteiger partial charge in [0.2, 0.25) is 0 Å². The fourth-order valence-corrected chi connectivity index (χ4v) is 24.2. The molecule has 4 aliphatic carbocycles. The van der Waals surface area contributed by atoms with Crippen LogP contribution in [0.3, 0.4) is 0 Å². The zero-order valence-electron chi connectivity index (χ0n) is 87.1. The smallest absolute Gasteiger partial charge is 0.0215 e. The highest BCUT2D eigenvalue weighted by Crippen LogP contribution is 2.59. The molecule has 0 saturated heterocycles. The third-order valence-electron chi connectivity index (χ3n) is 32.3. The minimum Gasteiger partial charge on any atom is -0.0654 e. The summed E-state index contributed by atoms with van der Waals surface area (Å²) in [6, 6.07) is 119. The molecule has 15 aromatic rings. The maximum atomic E-state index is 2.61. The van der Waals surface area contributed by atoms with Crippen LogP contribution in [-0.2, 0) is 21.7 Å². The van der Waals surface area contributed by atoms with E-state index in [1.165, 1.54) is 346 Å². The lowest BCUT2D eigenvalue weighted by molar-refractivity contribution is 0.397. The first-order chi connectivity index (χ1) is 67.1. The van der Waals surface area contributed by atoms with Gasteiger partial charge in [0.1, 0.15) is 0 Å². The zero-order valence-corrected chi connectivity index (χ0v) is 87.1. The van der Waals surface area contributed by atoms with Crippen molar-refractivity contribution in [2.75, 3.05) is 0 Å². The topological polar surface area (TPSA) is 0 Å². The number of hydrogen-bond donors (Lipinski definition) is 0. The maximum absolute atomic E-state index is 2.61. The standard InChI is InChI=1S/C38H52.2C34H30.C32H48/c1-5-7-9-11-13-18-26-38(27-19-14-12-10-8-6-2)36-28-32(30(3)4)22-24-34(36)35-25-23-33(29-37(35)38)31-20-16-15-17-21-31;1-22(2)26-19-20-27(29-10-6-5-9-28(26)29)24-15-13-23(14-16-24)25-17-18-31-30-11-7-8-12-32(30)34(3,4)33(31)21-25;1-22(2)23-13-15-24(16-14-23)26-19-20-27(29-10-6-5-9-28(26)29)25-17-18-31-30-11-7-8-12-32(30)34(3,4)33(31)21-25;1-5-7-9-11-13-17-23-32(24-18-14-12-10-8-6-2)30-20-16-15-19-28(30)29-22-21-27(26(3)4)25-31(29)32/h15-17,20-25,28-30H,5-14,18-19,26-27H2,1-4H3;2*5-22H,1-4H3;15-16,19-22,25-26H,5-14,17-18,23-24H2,1-4H3. The molecular weight excluding hydrogens is 1660 g/mol. The van der Waals surface area contributed by atoms with Crippen LogP contribution in [-0.4, -0.2) is 0 Å². The molecule has 0 N–H and O–H groups in total. The molecule has 0 bridgehead atoms. The van der Waals surface area contributed by atoms with Crippen LogP contribution in [0, 0.1) is 0 Å². The largest absolute Gasteiger partial charge is 0.0654 e. The molecule has 138 heavy (non-hydrogen) atoms. The molecule has 0 heterocycles. The maximum Gasteiger partial charge on any atom is 0.0215 e. The summed E-state index contributed by atoms with van der Waals surface area (Å²) in [5.41, 5.74) is 42.9. The molecule has 0 aromatic heterocycles. The zero-order chi connectivity index (χ0) is 96.5. The fourth-order valence-electron chi connectivity index (χ4n) is 24.2. The number of hydrogen-bond acceptors (Lipinski definition) is 0. The minimum atomic E-state index is 0.00976. The van der Waals surface area contributed by atoms with Gasteiger partial charge in [-0.05, 0) is 256 Å². The summed E-state index contributed by atoms with van der Waals surface area (Å²) in [4.78, 5) is 0. The van der Waals surface area contributed by atoms with Crippen molar-refractivity contribution < 1.29 is 0 Å². The van der Waals surface area contributed by atoms with E-state index in [0.717, 1.165) is 0 Å². The normalized spacial score (nSPS) is 13.8. The highest BCUT2D eigenvalue weighted by molar-refractivity contribution is 6.06. The Balaban J connectivity index is 0.000000133. The average Bonchev–Trinajstić information content (AvgIpc) is 1.55. The van der Waals surface area contributed by atoms with E-state index in [9.17, 15) is 0 Å². The van der Waals surface area contributed by atoms with Crippen molar-refractivity contribution in [1.29, 1.82) is 0 Å². The van der Waals surface area contributed by atoms with Gasteiger partial charge in [-0.25, -0.2) is 0 Å². The molecule has 0 aliphatic heterocycles. The van der Waals surface area contributed by atoms with E-state index >= 15 is 0 Å². The summed E-state index contributed by atoms with van der Waals surface area (Å²) in [5, 5.41) is 5.31. The van der Waals surface area contributed by atoms with E-state index in [1.54, 1.807) is 22.3 Å². The Morgan fingerprint density at radius 2 is 0.435 bits per heavy atom. The van der Waals surface area contributed by atoms with Crippen molar-refractivity contribution in [3.63, 3.8) is 0 Å². The summed E-state index contributed by atoms with van der Waals surface area (Å²) in [7, 11) is 0. The third-order valence-corrected chi connectivity index (χ3v) is 32.3. The van der Waals surface area contributed by atoms with Crippen LogP contribution in [0.25, 0.3) is 122 Å². The summed E-state index contributed by atoms with van der Waals surface area (Å²) in [6.45, 7) is 37.1. The Bertz CT molecular complexity index is 6530. The van der Waals surface area contributed by atoms with Crippen LogP contribution in [0.5, 0.6) is 0 Å². The van der Waals surface area contributed by atoms with E-state index in [2.05, 4.69) is 426 Å².